The van der Waals surface area contributed by atoms with Crippen molar-refractivity contribution in [3.8, 4) is 11.8 Å². The molecule has 0 saturated carbocycles. The van der Waals surface area contributed by atoms with Crippen LogP contribution in [0.3, 0.4) is 0 Å². The van der Waals surface area contributed by atoms with Gasteiger partial charge in [-0.1, -0.05) is 55.4 Å². The van der Waals surface area contributed by atoms with Gasteiger partial charge in [-0.05, 0) is 30.1 Å². The Morgan fingerprint density at radius 3 is 1.40 bits per heavy atom. The first-order valence-corrected chi connectivity index (χ1v) is 8.29. The fourth-order valence-electron chi connectivity index (χ4n) is 1.19. The largest absolute Gasteiger partial charge is 0.381 e. The van der Waals surface area contributed by atoms with Crippen molar-refractivity contribution in [2.45, 2.75) is 74.7 Å². The highest BCUT2D eigenvalue weighted by Crippen LogP contribution is 2.00. The lowest BCUT2D eigenvalue weighted by atomic mass is 10.1. The molecule has 0 aliphatic rings. The summed E-state index contributed by atoms with van der Waals surface area (Å²) >= 11 is 0. The van der Waals surface area contributed by atoms with Crippen molar-refractivity contribution in [2.75, 3.05) is 13.2 Å². The predicted octanol–water partition coefficient (Wildman–Crippen LogP) is 5.79. The van der Waals surface area contributed by atoms with Gasteiger partial charge in [-0.25, -0.2) is 0 Å². The molecule has 0 aliphatic carbocycles. The summed E-state index contributed by atoms with van der Waals surface area (Å²) in [4.78, 5) is 0. The van der Waals surface area contributed by atoms with Crippen LogP contribution in [0.1, 0.15) is 74.7 Å². The Labute approximate surface area is 128 Å². The molecule has 0 amide bonds. The Hall–Kier alpha value is -0.480. The smallest absolute Gasteiger partial charge is 0.0488 e. The summed E-state index contributed by atoms with van der Waals surface area (Å²) in [6.45, 7) is 19.4. The van der Waals surface area contributed by atoms with Gasteiger partial charge in [0.1, 0.15) is 0 Å². The molecular formula is C19H38O. The second-order valence-electron chi connectivity index (χ2n) is 7.20. The zero-order valence-corrected chi connectivity index (χ0v) is 15.3. The van der Waals surface area contributed by atoms with Gasteiger partial charge in [0, 0.05) is 26.1 Å². The zero-order chi connectivity index (χ0) is 16.0. The van der Waals surface area contributed by atoms with Crippen LogP contribution in [-0.2, 0) is 4.74 Å². The van der Waals surface area contributed by atoms with Crippen molar-refractivity contribution in [1.82, 2.24) is 0 Å². The molecule has 0 aliphatic heterocycles. The number of rotatable bonds is 7. The standard InChI is InChI=1S/C10H18.C9H20O/c1-9(2)7-5-6-8-10(3)4;1-8(2)5-6-10-7-9(3)4/h9-10H,7-8H2,1-4H3;8-9H,5-7H2,1-4H3. The first-order chi connectivity index (χ1) is 9.25. The molecule has 0 unspecified atom stereocenters. The molecule has 1 heteroatoms. The molecule has 0 aromatic rings. The predicted molar refractivity (Wildman–Crippen MR) is 91.8 cm³/mol. The quantitative estimate of drug-likeness (QED) is 0.424. The van der Waals surface area contributed by atoms with Crippen LogP contribution in [0.5, 0.6) is 0 Å². The minimum absolute atomic E-state index is 0.673. The Bertz CT molecular complexity index is 216. The lowest BCUT2D eigenvalue weighted by Crippen LogP contribution is -2.04. The van der Waals surface area contributed by atoms with Crippen molar-refractivity contribution in [1.29, 1.82) is 0 Å². The highest BCUT2D eigenvalue weighted by atomic mass is 16.5. The summed E-state index contributed by atoms with van der Waals surface area (Å²) in [6, 6.07) is 0. The van der Waals surface area contributed by atoms with E-state index in [1.165, 1.54) is 6.42 Å². The third-order valence-electron chi connectivity index (χ3n) is 2.44. The van der Waals surface area contributed by atoms with Gasteiger partial charge in [0.25, 0.3) is 0 Å². The maximum atomic E-state index is 5.41. The molecule has 0 N–H and O–H groups in total. The van der Waals surface area contributed by atoms with Gasteiger partial charge in [0.2, 0.25) is 0 Å². The molecule has 0 spiro atoms. The molecule has 1 nitrogen and oxygen atoms in total. The molecule has 0 atom stereocenters. The van der Waals surface area contributed by atoms with Crippen LogP contribution in [0.4, 0.5) is 0 Å². The third-order valence-corrected chi connectivity index (χ3v) is 2.44. The minimum Gasteiger partial charge on any atom is -0.381 e. The summed E-state index contributed by atoms with van der Waals surface area (Å²) in [6.07, 6.45) is 3.28. The van der Waals surface area contributed by atoms with E-state index in [2.05, 4.69) is 67.2 Å². The Balaban J connectivity index is 0. The van der Waals surface area contributed by atoms with E-state index in [-0.39, 0.29) is 0 Å². The van der Waals surface area contributed by atoms with Crippen LogP contribution >= 0.6 is 0 Å². The van der Waals surface area contributed by atoms with Crippen LogP contribution in [0.15, 0.2) is 0 Å². The van der Waals surface area contributed by atoms with E-state index in [1.807, 2.05) is 0 Å². The number of ether oxygens (including phenoxy) is 1. The van der Waals surface area contributed by atoms with E-state index in [0.717, 1.165) is 43.8 Å². The topological polar surface area (TPSA) is 9.23 Å². The van der Waals surface area contributed by atoms with Gasteiger partial charge in [-0.3, -0.25) is 0 Å². The van der Waals surface area contributed by atoms with Gasteiger partial charge < -0.3 is 4.74 Å². The molecular weight excluding hydrogens is 244 g/mol. The first-order valence-electron chi connectivity index (χ1n) is 8.29. The summed E-state index contributed by atoms with van der Waals surface area (Å²) in [5.74, 6) is 9.22. The highest BCUT2D eigenvalue weighted by molar-refractivity contribution is 4.99. The van der Waals surface area contributed by atoms with Gasteiger partial charge in [0.05, 0.1) is 0 Å². The van der Waals surface area contributed by atoms with E-state index in [9.17, 15) is 0 Å². The molecule has 0 radical (unpaired) electrons. The molecule has 20 heavy (non-hydrogen) atoms. The van der Waals surface area contributed by atoms with Crippen LogP contribution in [-0.4, -0.2) is 13.2 Å². The van der Waals surface area contributed by atoms with Crippen molar-refractivity contribution in [2.24, 2.45) is 23.7 Å². The molecule has 0 aromatic carbocycles. The summed E-state index contributed by atoms with van der Waals surface area (Å²) < 4.78 is 5.41. The van der Waals surface area contributed by atoms with E-state index in [0.29, 0.717) is 5.92 Å². The van der Waals surface area contributed by atoms with Gasteiger partial charge in [0.15, 0.2) is 0 Å². The first kappa shape index (κ1) is 21.8. The summed E-state index contributed by atoms with van der Waals surface area (Å²) in [5, 5.41) is 0. The number of hydrogen-bond donors (Lipinski definition) is 0. The fraction of sp³-hybridized carbons (Fsp3) is 0.895. The van der Waals surface area contributed by atoms with Crippen molar-refractivity contribution in [3.05, 3.63) is 0 Å². The minimum atomic E-state index is 0.673. The van der Waals surface area contributed by atoms with E-state index in [1.54, 1.807) is 0 Å². The second kappa shape index (κ2) is 14.9. The third kappa shape index (κ3) is 26.2. The van der Waals surface area contributed by atoms with E-state index >= 15 is 0 Å². The normalized spacial score (nSPS) is 10.6. The molecule has 0 rings (SSSR count). The van der Waals surface area contributed by atoms with Gasteiger partial charge in [-0.2, -0.15) is 0 Å². The van der Waals surface area contributed by atoms with E-state index < -0.39 is 0 Å². The van der Waals surface area contributed by atoms with Crippen LogP contribution < -0.4 is 0 Å². The van der Waals surface area contributed by atoms with Crippen LogP contribution in [0.2, 0.25) is 0 Å². The van der Waals surface area contributed by atoms with Crippen molar-refractivity contribution >= 4 is 0 Å². The molecule has 120 valence electrons. The van der Waals surface area contributed by atoms with Crippen LogP contribution in [0, 0.1) is 35.5 Å². The Morgan fingerprint density at radius 1 is 0.650 bits per heavy atom. The van der Waals surface area contributed by atoms with E-state index in [4.69, 9.17) is 4.74 Å². The van der Waals surface area contributed by atoms with Crippen LogP contribution in [0.25, 0.3) is 0 Å². The fourth-order valence-corrected chi connectivity index (χ4v) is 1.19. The van der Waals surface area contributed by atoms with Gasteiger partial charge >= 0.3 is 0 Å². The molecule has 0 bridgehead atoms. The SMILES string of the molecule is CC(C)CC#CCC(C)C.CC(C)CCOCC(C)C. The average molecular weight is 283 g/mol. The van der Waals surface area contributed by atoms with Gasteiger partial charge in [-0.15, -0.1) is 11.8 Å². The summed E-state index contributed by atoms with van der Waals surface area (Å²) in [5.41, 5.74) is 0. The lowest BCUT2D eigenvalue weighted by Gasteiger charge is -2.07. The Morgan fingerprint density at radius 2 is 1.10 bits per heavy atom. The average Bonchev–Trinajstić information content (AvgIpc) is 2.30. The molecule has 0 saturated heterocycles. The molecule has 0 aromatic heterocycles. The Kier molecular flexibility index (Phi) is 16.3. The molecule has 0 heterocycles. The zero-order valence-electron chi connectivity index (χ0n) is 15.3. The monoisotopic (exact) mass is 282 g/mol. The lowest BCUT2D eigenvalue weighted by molar-refractivity contribution is 0.101. The highest BCUT2D eigenvalue weighted by Gasteiger charge is 1.95. The second-order valence-corrected chi connectivity index (χ2v) is 7.20. The maximum Gasteiger partial charge on any atom is 0.0488 e. The van der Waals surface area contributed by atoms with Crippen molar-refractivity contribution < 1.29 is 4.74 Å². The summed E-state index contributed by atoms with van der Waals surface area (Å²) in [7, 11) is 0. The maximum absolute atomic E-state index is 5.41. The number of hydrogen-bond acceptors (Lipinski definition) is 1. The molecule has 0 fully saturated rings. The van der Waals surface area contributed by atoms with Crippen molar-refractivity contribution in [3.63, 3.8) is 0 Å².